The molecule has 0 aliphatic carbocycles. The molecule has 2 aromatic rings. The fourth-order valence-corrected chi connectivity index (χ4v) is 2.89. The van der Waals surface area contributed by atoms with Crippen LogP contribution >= 0.6 is 0 Å². The van der Waals surface area contributed by atoms with Crippen LogP contribution in [0.1, 0.15) is 38.8 Å². The second-order valence-corrected chi connectivity index (χ2v) is 8.20. The van der Waals surface area contributed by atoms with E-state index < -0.39 is 0 Å². The monoisotopic (exact) mass is 392 g/mol. The van der Waals surface area contributed by atoms with Gasteiger partial charge in [-0.05, 0) is 41.7 Å². The van der Waals surface area contributed by atoms with Crippen LogP contribution in [0.25, 0.3) is 0 Å². The number of anilines is 2. The minimum atomic E-state index is -0.342. The van der Waals surface area contributed by atoms with Crippen molar-refractivity contribution >= 4 is 17.3 Å². The lowest BCUT2D eigenvalue weighted by atomic mass is 9.85. The van der Waals surface area contributed by atoms with Gasteiger partial charge in [-0.3, -0.25) is 0 Å². The topological polar surface area (TPSA) is 41.6 Å². The molecule has 154 valence electrons. The van der Waals surface area contributed by atoms with Gasteiger partial charge in [-0.2, -0.15) is 0 Å². The maximum Gasteiger partial charge on any atom is 0.333 e. The van der Waals surface area contributed by atoms with Gasteiger partial charge in [0.25, 0.3) is 0 Å². The van der Waals surface area contributed by atoms with Gasteiger partial charge in [0.15, 0.2) is 0 Å². The predicted molar refractivity (Wildman–Crippen MR) is 122 cm³/mol. The quantitative estimate of drug-likeness (QED) is 0.464. The van der Waals surface area contributed by atoms with E-state index in [1.165, 1.54) is 11.3 Å². The molecule has 0 aliphatic heterocycles. The van der Waals surface area contributed by atoms with Crippen LogP contribution in [0.4, 0.5) is 11.4 Å². The average molecular weight is 393 g/mol. The van der Waals surface area contributed by atoms with Gasteiger partial charge in [0.2, 0.25) is 0 Å². The van der Waals surface area contributed by atoms with Crippen LogP contribution in [-0.4, -0.2) is 19.6 Å². The molecule has 4 nitrogen and oxygen atoms in total. The molecule has 0 heterocycles. The van der Waals surface area contributed by atoms with Crippen molar-refractivity contribution in [1.82, 2.24) is 0 Å². The van der Waals surface area contributed by atoms with Crippen molar-refractivity contribution in [3.63, 3.8) is 0 Å². The SMILES string of the molecule is C=C(C)C(=O)OCCc1ccc(N/C=C/N(C)c2ccccc2C(C)(C)C)cc1. The molecule has 0 saturated heterocycles. The van der Waals surface area contributed by atoms with Crippen LogP contribution < -0.4 is 10.2 Å². The Morgan fingerprint density at radius 3 is 2.41 bits per heavy atom. The molecule has 0 amide bonds. The van der Waals surface area contributed by atoms with E-state index in [1.54, 1.807) is 6.92 Å². The molecule has 1 N–H and O–H groups in total. The number of benzene rings is 2. The predicted octanol–water partition coefficient (Wildman–Crippen LogP) is 5.67. The Morgan fingerprint density at radius 2 is 1.79 bits per heavy atom. The van der Waals surface area contributed by atoms with Crippen molar-refractivity contribution in [3.8, 4) is 0 Å². The maximum absolute atomic E-state index is 11.4. The number of esters is 1. The minimum absolute atomic E-state index is 0.0840. The van der Waals surface area contributed by atoms with Crippen LogP contribution in [0.5, 0.6) is 0 Å². The zero-order valence-electron chi connectivity index (χ0n) is 18.2. The number of ether oxygens (including phenoxy) is 1. The van der Waals surface area contributed by atoms with Crippen molar-refractivity contribution in [2.45, 2.75) is 39.5 Å². The molecule has 0 atom stereocenters. The Hall–Kier alpha value is -3.01. The van der Waals surface area contributed by atoms with Crippen molar-refractivity contribution in [3.05, 3.63) is 84.2 Å². The van der Waals surface area contributed by atoms with Crippen LogP contribution in [0, 0.1) is 0 Å². The Kier molecular flexibility index (Phi) is 7.66. The van der Waals surface area contributed by atoms with Gasteiger partial charge >= 0.3 is 5.97 Å². The number of nitrogens with zero attached hydrogens (tertiary/aromatic N) is 1. The molecule has 0 aliphatic rings. The van der Waals surface area contributed by atoms with Crippen LogP contribution in [0.2, 0.25) is 0 Å². The summed E-state index contributed by atoms with van der Waals surface area (Å²) in [4.78, 5) is 13.5. The van der Waals surface area contributed by atoms with Gasteiger partial charge in [0.05, 0.1) is 6.61 Å². The van der Waals surface area contributed by atoms with Crippen LogP contribution in [-0.2, 0) is 21.4 Å². The first-order chi connectivity index (χ1) is 13.7. The third kappa shape index (κ3) is 6.83. The number of hydrogen-bond acceptors (Lipinski definition) is 4. The number of carbonyl (C=O) groups is 1. The summed E-state index contributed by atoms with van der Waals surface area (Å²) in [5.41, 5.74) is 5.13. The second kappa shape index (κ2) is 9.97. The minimum Gasteiger partial charge on any atom is -0.462 e. The van der Waals surface area contributed by atoms with E-state index in [0.717, 1.165) is 11.3 Å². The number of hydrogen-bond donors (Lipinski definition) is 1. The van der Waals surface area contributed by atoms with Gasteiger partial charge in [-0.15, -0.1) is 0 Å². The summed E-state index contributed by atoms with van der Waals surface area (Å²) in [6.45, 7) is 12.3. The Morgan fingerprint density at radius 1 is 1.14 bits per heavy atom. The molecule has 0 radical (unpaired) electrons. The molecule has 0 bridgehead atoms. The number of para-hydroxylation sites is 1. The van der Waals surface area contributed by atoms with E-state index in [-0.39, 0.29) is 11.4 Å². The summed E-state index contributed by atoms with van der Waals surface area (Å²) < 4.78 is 5.13. The Bertz CT molecular complexity index is 861. The van der Waals surface area contributed by atoms with E-state index in [9.17, 15) is 4.79 Å². The lowest BCUT2D eigenvalue weighted by molar-refractivity contribution is -0.138. The van der Waals surface area contributed by atoms with Crippen LogP contribution in [0.3, 0.4) is 0 Å². The van der Waals surface area contributed by atoms with Gasteiger partial charge < -0.3 is 15.0 Å². The Labute approximate surface area is 174 Å². The lowest BCUT2D eigenvalue weighted by Crippen LogP contribution is -2.18. The highest BCUT2D eigenvalue weighted by molar-refractivity contribution is 5.86. The fraction of sp³-hybridized carbons (Fsp3) is 0.320. The summed E-state index contributed by atoms with van der Waals surface area (Å²) >= 11 is 0. The first-order valence-corrected chi connectivity index (χ1v) is 9.85. The van der Waals surface area contributed by atoms with E-state index >= 15 is 0 Å². The van der Waals surface area contributed by atoms with E-state index in [4.69, 9.17) is 4.74 Å². The van der Waals surface area contributed by atoms with E-state index in [0.29, 0.717) is 18.6 Å². The first-order valence-electron chi connectivity index (χ1n) is 9.85. The molecule has 2 rings (SSSR count). The highest BCUT2D eigenvalue weighted by atomic mass is 16.5. The number of nitrogens with one attached hydrogen (secondary N) is 1. The van der Waals surface area contributed by atoms with E-state index in [1.807, 2.05) is 36.7 Å². The van der Waals surface area contributed by atoms with Crippen molar-refractivity contribution in [1.29, 1.82) is 0 Å². The Balaban J connectivity index is 1.91. The highest BCUT2D eigenvalue weighted by Crippen LogP contribution is 2.31. The van der Waals surface area contributed by atoms with Crippen molar-refractivity contribution < 1.29 is 9.53 Å². The molecule has 0 spiro atoms. The molecule has 0 aromatic heterocycles. The fourth-order valence-electron chi connectivity index (χ4n) is 2.89. The van der Waals surface area contributed by atoms with Gasteiger partial charge in [-0.1, -0.05) is 57.7 Å². The molecule has 29 heavy (non-hydrogen) atoms. The van der Waals surface area contributed by atoms with Gasteiger partial charge in [-0.25, -0.2) is 4.79 Å². The summed E-state index contributed by atoms with van der Waals surface area (Å²) in [7, 11) is 2.05. The lowest BCUT2D eigenvalue weighted by Gasteiger charge is -2.26. The number of carbonyl (C=O) groups excluding carboxylic acids is 1. The largest absolute Gasteiger partial charge is 0.462 e. The normalized spacial score (nSPS) is 11.3. The third-order valence-corrected chi connectivity index (χ3v) is 4.57. The third-order valence-electron chi connectivity index (χ3n) is 4.57. The summed E-state index contributed by atoms with van der Waals surface area (Å²) in [5.74, 6) is -0.342. The molecule has 0 saturated carbocycles. The zero-order chi connectivity index (χ0) is 21.4. The van der Waals surface area contributed by atoms with E-state index in [2.05, 4.69) is 68.9 Å². The standard InChI is InChI=1S/C25H32N2O2/c1-19(2)24(28)29-18-15-20-11-13-21(14-12-20)26-16-17-27(6)23-10-8-7-9-22(23)25(3,4)5/h7-14,16-17,26H,1,15,18H2,2-6H3/b17-16+. The second-order valence-electron chi connectivity index (χ2n) is 8.20. The first kappa shape index (κ1) is 22.3. The van der Waals surface area contributed by atoms with Crippen molar-refractivity contribution in [2.75, 3.05) is 23.9 Å². The van der Waals surface area contributed by atoms with Crippen LogP contribution in [0.15, 0.2) is 73.1 Å². The summed E-state index contributed by atoms with van der Waals surface area (Å²) in [5, 5.41) is 3.30. The summed E-state index contributed by atoms with van der Waals surface area (Å²) in [6.07, 6.45) is 4.64. The molecular weight excluding hydrogens is 360 g/mol. The highest BCUT2D eigenvalue weighted by Gasteiger charge is 2.18. The maximum atomic E-state index is 11.4. The van der Waals surface area contributed by atoms with Gasteiger partial charge in [0, 0.05) is 42.8 Å². The number of rotatable bonds is 8. The molecule has 4 heteroatoms. The molecule has 0 fully saturated rings. The average Bonchev–Trinajstić information content (AvgIpc) is 2.68. The van der Waals surface area contributed by atoms with Gasteiger partial charge in [0.1, 0.15) is 0 Å². The van der Waals surface area contributed by atoms with Crippen molar-refractivity contribution in [2.24, 2.45) is 0 Å². The summed E-state index contributed by atoms with van der Waals surface area (Å²) in [6, 6.07) is 16.6. The smallest absolute Gasteiger partial charge is 0.333 e. The molecule has 2 aromatic carbocycles. The molecular formula is C25H32N2O2. The molecule has 0 unspecified atom stereocenters. The zero-order valence-corrected chi connectivity index (χ0v) is 18.2.